The molecular formula is C21H20FN3O. The van der Waals surface area contributed by atoms with E-state index in [1.54, 1.807) is 30.6 Å². The third-order valence-electron chi connectivity index (χ3n) is 3.95. The zero-order chi connectivity index (χ0) is 18.2. The smallest absolute Gasteiger partial charge is 0.253 e. The minimum Gasteiger partial charge on any atom is -0.383 e. The van der Waals surface area contributed by atoms with Gasteiger partial charge in [-0.1, -0.05) is 42.5 Å². The second kappa shape index (κ2) is 8.76. The van der Waals surface area contributed by atoms with Crippen molar-refractivity contribution >= 4 is 11.6 Å². The van der Waals surface area contributed by atoms with Gasteiger partial charge >= 0.3 is 0 Å². The minimum absolute atomic E-state index is 0.163. The molecule has 0 unspecified atom stereocenters. The Morgan fingerprint density at radius 1 is 0.962 bits per heavy atom. The summed E-state index contributed by atoms with van der Waals surface area (Å²) >= 11 is 0. The molecule has 0 saturated heterocycles. The molecule has 4 nitrogen and oxygen atoms in total. The van der Waals surface area contributed by atoms with Crippen LogP contribution in [0.3, 0.4) is 0 Å². The Balaban J connectivity index is 1.52. The molecule has 0 bridgehead atoms. The lowest BCUT2D eigenvalue weighted by Gasteiger charge is -2.09. The average molecular weight is 349 g/mol. The SMILES string of the molecule is O=C(NCc1ccccc1)c1cncc(NCCc2ccc(F)cc2)c1. The Bertz CT molecular complexity index is 851. The number of carbonyl (C=O) groups is 1. The third-order valence-corrected chi connectivity index (χ3v) is 3.95. The van der Waals surface area contributed by atoms with Crippen LogP contribution >= 0.6 is 0 Å². The maximum Gasteiger partial charge on any atom is 0.253 e. The molecule has 2 N–H and O–H groups in total. The predicted molar refractivity (Wildman–Crippen MR) is 100 cm³/mol. The molecule has 3 aromatic rings. The molecule has 1 amide bonds. The number of hydrogen-bond acceptors (Lipinski definition) is 3. The Hall–Kier alpha value is -3.21. The number of pyridine rings is 1. The van der Waals surface area contributed by atoms with Crippen molar-refractivity contribution in [3.63, 3.8) is 0 Å². The molecule has 2 aromatic carbocycles. The number of anilines is 1. The summed E-state index contributed by atoms with van der Waals surface area (Å²) < 4.78 is 12.9. The number of benzene rings is 2. The van der Waals surface area contributed by atoms with Crippen LogP contribution in [0.4, 0.5) is 10.1 Å². The predicted octanol–water partition coefficient (Wildman–Crippen LogP) is 3.81. The van der Waals surface area contributed by atoms with Gasteiger partial charge in [0.2, 0.25) is 0 Å². The third kappa shape index (κ3) is 5.14. The summed E-state index contributed by atoms with van der Waals surface area (Å²) in [6, 6.07) is 18.0. The second-order valence-electron chi connectivity index (χ2n) is 5.93. The molecule has 0 spiro atoms. The van der Waals surface area contributed by atoms with E-state index >= 15 is 0 Å². The van der Waals surface area contributed by atoms with Crippen LogP contribution in [-0.4, -0.2) is 17.4 Å². The van der Waals surface area contributed by atoms with E-state index in [-0.39, 0.29) is 11.7 Å². The maximum atomic E-state index is 12.9. The van der Waals surface area contributed by atoms with Crippen LogP contribution in [0.25, 0.3) is 0 Å². The van der Waals surface area contributed by atoms with Crippen LogP contribution in [0.15, 0.2) is 73.1 Å². The van der Waals surface area contributed by atoms with Gasteiger partial charge in [0.25, 0.3) is 5.91 Å². The summed E-state index contributed by atoms with van der Waals surface area (Å²) in [5, 5.41) is 6.13. The van der Waals surface area contributed by atoms with E-state index in [1.807, 2.05) is 30.3 Å². The highest BCUT2D eigenvalue weighted by atomic mass is 19.1. The maximum absolute atomic E-state index is 12.9. The van der Waals surface area contributed by atoms with Crippen molar-refractivity contribution in [2.24, 2.45) is 0 Å². The number of nitrogens with zero attached hydrogens (tertiary/aromatic N) is 1. The largest absolute Gasteiger partial charge is 0.383 e. The molecule has 0 atom stereocenters. The van der Waals surface area contributed by atoms with Crippen molar-refractivity contribution in [1.29, 1.82) is 0 Å². The van der Waals surface area contributed by atoms with Crippen molar-refractivity contribution in [3.8, 4) is 0 Å². The number of halogens is 1. The Labute approximate surface area is 152 Å². The van der Waals surface area contributed by atoms with Gasteiger partial charge in [0, 0.05) is 25.5 Å². The lowest BCUT2D eigenvalue weighted by Crippen LogP contribution is -2.23. The van der Waals surface area contributed by atoms with Crippen molar-refractivity contribution in [2.75, 3.05) is 11.9 Å². The molecule has 132 valence electrons. The normalized spacial score (nSPS) is 10.3. The summed E-state index contributed by atoms with van der Waals surface area (Å²) in [6.45, 7) is 1.14. The fraction of sp³-hybridized carbons (Fsp3) is 0.143. The second-order valence-corrected chi connectivity index (χ2v) is 5.93. The van der Waals surface area contributed by atoms with Crippen LogP contribution in [0.1, 0.15) is 21.5 Å². The van der Waals surface area contributed by atoms with Gasteiger partial charge in [0.1, 0.15) is 5.82 Å². The summed E-state index contributed by atoms with van der Waals surface area (Å²) in [5.74, 6) is -0.399. The van der Waals surface area contributed by atoms with Gasteiger partial charge in [-0.2, -0.15) is 0 Å². The number of hydrogen-bond donors (Lipinski definition) is 2. The molecule has 0 aliphatic carbocycles. The van der Waals surface area contributed by atoms with Gasteiger partial charge in [0.15, 0.2) is 0 Å². The van der Waals surface area contributed by atoms with Gasteiger partial charge in [-0.25, -0.2) is 4.39 Å². The first-order valence-corrected chi connectivity index (χ1v) is 8.46. The molecule has 1 heterocycles. The summed E-state index contributed by atoms with van der Waals surface area (Å²) in [4.78, 5) is 16.4. The van der Waals surface area contributed by atoms with Gasteiger partial charge in [-0.15, -0.1) is 0 Å². The van der Waals surface area contributed by atoms with Crippen LogP contribution in [0, 0.1) is 5.82 Å². The van der Waals surface area contributed by atoms with E-state index in [2.05, 4.69) is 15.6 Å². The number of amides is 1. The van der Waals surface area contributed by atoms with Gasteiger partial charge in [-0.05, 0) is 35.7 Å². The van der Waals surface area contributed by atoms with Gasteiger partial charge in [0.05, 0.1) is 11.3 Å². The average Bonchev–Trinajstić information content (AvgIpc) is 2.69. The van der Waals surface area contributed by atoms with E-state index in [9.17, 15) is 9.18 Å². The highest BCUT2D eigenvalue weighted by Crippen LogP contribution is 2.10. The lowest BCUT2D eigenvalue weighted by molar-refractivity contribution is 0.0950. The van der Waals surface area contributed by atoms with Crippen molar-refractivity contribution in [3.05, 3.63) is 95.6 Å². The molecule has 5 heteroatoms. The Kier molecular flexibility index (Phi) is 5.93. The number of aromatic nitrogens is 1. The fourth-order valence-corrected chi connectivity index (χ4v) is 2.54. The number of carbonyl (C=O) groups excluding carboxylic acids is 1. The van der Waals surface area contributed by atoms with Gasteiger partial charge in [-0.3, -0.25) is 9.78 Å². The number of rotatable bonds is 7. The van der Waals surface area contributed by atoms with Gasteiger partial charge < -0.3 is 10.6 Å². The molecular weight excluding hydrogens is 329 g/mol. The zero-order valence-corrected chi connectivity index (χ0v) is 14.3. The van der Waals surface area contributed by atoms with E-state index in [4.69, 9.17) is 0 Å². The van der Waals surface area contributed by atoms with E-state index in [0.717, 1.165) is 23.2 Å². The standard InChI is InChI=1S/C21H20FN3O/c22-19-8-6-16(7-9-19)10-11-24-20-12-18(14-23-15-20)21(26)25-13-17-4-2-1-3-5-17/h1-9,12,14-15,24H,10-11,13H2,(H,25,26). The molecule has 26 heavy (non-hydrogen) atoms. The van der Waals surface area contributed by atoms with Crippen LogP contribution in [-0.2, 0) is 13.0 Å². The molecule has 0 radical (unpaired) electrons. The highest BCUT2D eigenvalue weighted by Gasteiger charge is 2.07. The highest BCUT2D eigenvalue weighted by molar-refractivity contribution is 5.94. The molecule has 0 fully saturated rings. The van der Waals surface area contributed by atoms with Crippen LogP contribution in [0.2, 0.25) is 0 Å². The summed E-state index contributed by atoms with van der Waals surface area (Å²) in [5.41, 5.74) is 3.37. The summed E-state index contributed by atoms with van der Waals surface area (Å²) in [6.07, 6.45) is 3.98. The Morgan fingerprint density at radius 2 is 1.73 bits per heavy atom. The van der Waals surface area contributed by atoms with Crippen molar-refractivity contribution in [2.45, 2.75) is 13.0 Å². The molecule has 0 aliphatic heterocycles. The van der Waals surface area contributed by atoms with Crippen LogP contribution in [0.5, 0.6) is 0 Å². The van der Waals surface area contributed by atoms with E-state index in [1.165, 1.54) is 12.1 Å². The number of nitrogens with one attached hydrogen (secondary N) is 2. The molecule has 0 saturated carbocycles. The van der Waals surface area contributed by atoms with Crippen LogP contribution < -0.4 is 10.6 Å². The first-order valence-electron chi connectivity index (χ1n) is 8.46. The topological polar surface area (TPSA) is 54.0 Å². The van der Waals surface area contributed by atoms with Crippen molar-refractivity contribution in [1.82, 2.24) is 10.3 Å². The zero-order valence-electron chi connectivity index (χ0n) is 14.3. The molecule has 0 aliphatic rings. The monoisotopic (exact) mass is 349 g/mol. The van der Waals surface area contributed by atoms with E-state index < -0.39 is 0 Å². The lowest BCUT2D eigenvalue weighted by atomic mass is 10.1. The minimum atomic E-state index is -0.236. The Morgan fingerprint density at radius 3 is 2.50 bits per heavy atom. The quantitative estimate of drug-likeness (QED) is 0.682. The molecule has 3 rings (SSSR count). The summed E-state index contributed by atoms with van der Waals surface area (Å²) in [7, 11) is 0. The molecule has 1 aromatic heterocycles. The van der Waals surface area contributed by atoms with Crippen molar-refractivity contribution < 1.29 is 9.18 Å². The first kappa shape index (κ1) is 17.6. The fourth-order valence-electron chi connectivity index (χ4n) is 2.54. The first-order chi connectivity index (χ1) is 12.7. The van der Waals surface area contributed by atoms with E-state index in [0.29, 0.717) is 18.7 Å².